The average Bonchev–Trinajstić information content (AvgIpc) is 2.67. The highest BCUT2D eigenvalue weighted by atomic mass is 32.2. The molecule has 0 aromatic heterocycles. The molecule has 27 heavy (non-hydrogen) atoms. The van der Waals surface area contributed by atoms with E-state index >= 15 is 0 Å². The summed E-state index contributed by atoms with van der Waals surface area (Å²) in [4.78, 5) is 0. The first-order valence-corrected chi connectivity index (χ1v) is 9.92. The first kappa shape index (κ1) is 19.1. The molecule has 0 spiro atoms. The summed E-state index contributed by atoms with van der Waals surface area (Å²) in [6, 6.07) is 25.6. The van der Waals surface area contributed by atoms with E-state index in [1.165, 1.54) is 0 Å². The van der Waals surface area contributed by atoms with Crippen LogP contribution in [0.1, 0.15) is 26.3 Å². The van der Waals surface area contributed by atoms with Crippen LogP contribution >= 0.6 is 0 Å². The Kier molecular flexibility index (Phi) is 5.87. The van der Waals surface area contributed by atoms with Gasteiger partial charge in [0, 0.05) is 11.8 Å². The quantitative estimate of drug-likeness (QED) is 0.509. The van der Waals surface area contributed by atoms with E-state index in [9.17, 15) is 4.21 Å². The molecule has 3 aromatic carbocycles. The van der Waals surface area contributed by atoms with E-state index in [-0.39, 0.29) is 4.75 Å². The van der Waals surface area contributed by atoms with Crippen molar-refractivity contribution >= 4 is 17.2 Å². The van der Waals surface area contributed by atoms with Crippen molar-refractivity contribution in [3.8, 4) is 22.6 Å². The van der Waals surface area contributed by atoms with Gasteiger partial charge >= 0.3 is 0 Å². The zero-order valence-corrected chi connectivity index (χ0v) is 16.6. The molecule has 138 valence electrons. The Hall–Kier alpha value is -2.72. The normalized spacial score (nSPS) is 12.9. The third kappa shape index (κ3) is 5.14. The fourth-order valence-electron chi connectivity index (χ4n) is 2.44. The minimum absolute atomic E-state index is 0.380. The molecule has 0 amide bonds. The number of benzene rings is 3. The zero-order valence-electron chi connectivity index (χ0n) is 15.8. The van der Waals surface area contributed by atoms with Gasteiger partial charge in [-0.3, -0.25) is 0 Å². The predicted molar refractivity (Wildman–Crippen MR) is 114 cm³/mol. The van der Waals surface area contributed by atoms with Crippen LogP contribution in [0.5, 0.6) is 11.5 Å². The molecule has 4 heteroatoms. The van der Waals surface area contributed by atoms with Crippen molar-refractivity contribution in [2.24, 2.45) is 4.40 Å². The minimum atomic E-state index is -1.29. The molecule has 0 aliphatic heterocycles. The van der Waals surface area contributed by atoms with Crippen molar-refractivity contribution in [3.63, 3.8) is 0 Å². The lowest BCUT2D eigenvalue weighted by Gasteiger charge is -2.14. The molecule has 0 fully saturated rings. The summed E-state index contributed by atoms with van der Waals surface area (Å²) < 4.78 is 22.1. The molecule has 0 radical (unpaired) electrons. The molecule has 0 saturated carbocycles. The Morgan fingerprint density at radius 2 is 1.52 bits per heavy atom. The van der Waals surface area contributed by atoms with Gasteiger partial charge < -0.3 is 4.74 Å². The SMILES string of the molecule is CC(C)(C)[S@@](=O)N=Cc1ccc(Oc2ccccc2)c(-c2ccccc2)c1. The van der Waals surface area contributed by atoms with Crippen LogP contribution in [-0.2, 0) is 11.0 Å². The summed E-state index contributed by atoms with van der Waals surface area (Å²) >= 11 is 0. The van der Waals surface area contributed by atoms with Crippen LogP contribution in [0.15, 0.2) is 83.3 Å². The van der Waals surface area contributed by atoms with Crippen molar-refractivity contribution in [3.05, 3.63) is 84.4 Å². The second kappa shape index (κ2) is 8.31. The molecule has 0 aliphatic rings. The molecule has 3 rings (SSSR count). The molecule has 1 atom stereocenters. The van der Waals surface area contributed by atoms with Gasteiger partial charge in [0.2, 0.25) is 0 Å². The van der Waals surface area contributed by atoms with Gasteiger partial charge in [-0.1, -0.05) is 48.5 Å². The summed E-state index contributed by atoms with van der Waals surface area (Å²) in [5.74, 6) is 1.55. The van der Waals surface area contributed by atoms with Gasteiger partial charge in [-0.2, -0.15) is 4.40 Å². The van der Waals surface area contributed by atoms with Crippen LogP contribution in [0, 0.1) is 0 Å². The maximum Gasteiger partial charge on any atom is 0.144 e. The van der Waals surface area contributed by atoms with Crippen LogP contribution in [0.3, 0.4) is 0 Å². The third-order valence-electron chi connectivity index (χ3n) is 3.88. The fourth-order valence-corrected chi connectivity index (χ4v) is 2.98. The lowest BCUT2D eigenvalue weighted by molar-refractivity contribution is 0.484. The van der Waals surface area contributed by atoms with Gasteiger partial charge in [0.25, 0.3) is 0 Å². The molecule has 0 heterocycles. The molecule has 0 aliphatic carbocycles. The number of nitrogens with zero attached hydrogens (tertiary/aromatic N) is 1. The van der Waals surface area contributed by atoms with Gasteiger partial charge in [-0.15, -0.1) is 0 Å². The van der Waals surface area contributed by atoms with Crippen molar-refractivity contribution < 1.29 is 8.95 Å². The van der Waals surface area contributed by atoms with Crippen LogP contribution in [-0.4, -0.2) is 15.2 Å². The number of para-hydroxylation sites is 1. The molecule has 0 saturated heterocycles. The lowest BCUT2D eigenvalue weighted by Crippen LogP contribution is -2.19. The largest absolute Gasteiger partial charge is 0.457 e. The van der Waals surface area contributed by atoms with Crippen LogP contribution in [0.4, 0.5) is 0 Å². The number of rotatable bonds is 5. The van der Waals surface area contributed by atoms with Crippen molar-refractivity contribution in [2.45, 2.75) is 25.5 Å². The highest BCUT2D eigenvalue weighted by molar-refractivity contribution is 7.85. The van der Waals surface area contributed by atoms with Gasteiger partial charge in [0.1, 0.15) is 22.5 Å². The Morgan fingerprint density at radius 1 is 0.889 bits per heavy atom. The predicted octanol–water partition coefficient (Wildman–Crippen LogP) is 6.03. The van der Waals surface area contributed by atoms with Gasteiger partial charge in [-0.25, -0.2) is 4.21 Å². The number of hydrogen-bond donors (Lipinski definition) is 0. The molecule has 0 unspecified atom stereocenters. The summed E-state index contributed by atoms with van der Waals surface area (Å²) in [6.07, 6.45) is 1.67. The van der Waals surface area contributed by atoms with E-state index in [2.05, 4.69) is 4.40 Å². The molecule has 0 N–H and O–H groups in total. The zero-order chi connectivity index (χ0) is 19.3. The Morgan fingerprint density at radius 3 is 2.15 bits per heavy atom. The summed E-state index contributed by atoms with van der Waals surface area (Å²) in [5, 5.41) is 0. The minimum Gasteiger partial charge on any atom is -0.457 e. The van der Waals surface area contributed by atoms with Gasteiger partial charge in [-0.05, 0) is 62.2 Å². The van der Waals surface area contributed by atoms with E-state index in [0.29, 0.717) is 0 Å². The standard InChI is InChI=1S/C23H23NO2S/c1-23(2,3)27(25)24-17-18-14-15-22(26-20-12-8-5-9-13-20)21(16-18)19-10-6-4-7-11-19/h4-17H,1-3H3/t27-/m1/s1. The van der Waals surface area contributed by atoms with Crippen LogP contribution in [0.2, 0.25) is 0 Å². The van der Waals surface area contributed by atoms with E-state index in [1.807, 2.05) is 99.6 Å². The molecular formula is C23H23NO2S. The van der Waals surface area contributed by atoms with Crippen molar-refractivity contribution in [1.29, 1.82) is 0 Å². The van der Waals surface area contributed by atoms with E-state index < -0.39 is 11.0 Å². The van der Waals surface area contributed by atoms with Crippen LogP contribution < -0.4 is 4.74 Å². The van der Waals surface area contributed by atoms with Crippen molar-refractivity contribution in [1.82, 2.24) is 0 Å². The first-order valence-electron chi connectivity index (χ1n) is 8.82. The first-order chi connectivity index (χ1) is 12.9. The average molecular weight is 378 g/mol. The molecule has 3 nitrogen and oxygen atoms in total. The Bertz CT molecular complexity index is 945. The highest BCUT2D eigenvalue weighted by Crippen LogP contribution is 2.34. The van der Waals surface area contributed by atoms with E-state index in [4.69, 9.17) is 4.74 Å². The maximum atomic E-state index is 12.2. The number of hydrogen-bond acceptors (Lipinski definition) is 2. The smallest absolute Gasteiger partial charge is 0.144 e. The van der Waals surface area contributed by atoms with Crippen molar-refractivity contribution in [2.75, 3.05) is 0 Å². The summed E-state index contributed by atoms with van der Waals surface area (Å²) in [5.41, 5.74) is 2.90. The summed E-state index contributed by atoms with van der Waals surface area (Å²) in [7, 11) is -1.29. The topological polar surface area (TPSA) is 38.7 Å². The van der Waals surface area contributed by atoms with Crippen LogP contribution in [0.25, 0.3) is 11.1 Å². The maximum absolute atomic E-state index is 12.2. The lowest BCUT2D eigenvalue weighted by atomic mass is 10.0. The molecule has 3 aromatic rings. The summed E-state index contributed by atoms with van der Waals surface area (Å²) in [6.45, 7) is 5.73. The Balaban J connectivity index is 1.97. The molecule has 0 bridgehead atoms. The number of ether oxygens (including phenoxy) is 1. The van der Waals surface area contributed by atoms with E-state index in [1.54, 1.807) is 6.21 Å². The second-order valence-corrected chi connectivity index (χ2v) is 9.07. The van der Waals surface area contributed by atoms with E-state index in [0.717, 1.165) is 28.2 Å². The van der Waals surface area contributed by atoms with Gasteiger partial charge in [0.15, 0.2) is 0 Å². The monoisotopic (exact) mass is 377 g/mol. The second-order valence-electron chi connectivity index (χ2n) is 7.13. The fraction of sp³-hybridized carbons (Fsp3) is 0.174. The molecular weight excluding hydrogens is 354 g/mol. The van der Waals surface area contributed by atoms with Gasteiger partial charge in [0.05, 0.1) is 4.75 Å². The third-order valence-corrected chi connectivity index (χ3v) is 5.23. The Labute approximate surface area is 163 Å². The highest BCUT2D eigenvalue weighted by Gasteiger charge is 2.18.